The van der Waals surface area contributed by atoms with Gasteiger partial charge in [0.2, 0.25) is 0 Å². The molecule has 0 radical (unpaired) electrons. The topological polar surface area (TPSA) is 73.1 Å². The van der Waals surface area contributed by atoms with E-state index in [0.717, 1.165) is 0 Å². The SMILES string of the molecule is CC(CC#N)NC(=O)c1cc(Cl)ccc1O. The van der Waals surface area contributed by atoms with Crippen LogP contribution in [0.4, 0.5) is 0 Å². The number of phenolic OH excluding ortho intramolecular Hbond substituents is 1. The van der Waals surface area contributed by atoms with Crippen LogP contribution in [-0.4, -0.2) is 17.1 Å². The monoisotopic (exact) mass is 238 g/mol. The summed E-state index contributed by atoms with van der Waals surface area (Å²) in [6.45, 7) is 1.71. The summed E-state index contributed by atoms with van der Waals surface area (Å²) in [6, 6.07) is 5.91. The molecule has 1 aromatic carbocycles. The molecule has 0 aliphatic heterocycles. The van der Waals surface area contributed by atoms with Crippen LogP contribution in [0.1, 0.15) is 23.7 Å². The first kappa shape index (κ1) is 12.3. The fourth-order valence-corrected chi connectivity index (χ4v) is 1.35. The molecule has 5 heteroatoms. The Morgan fingerprint density at radius 1 is 1.69 bits per heavy atom. The Morgan fingerprint density at radius 3 is 3.00 bits per heavy atom. The van der Waals surface area contributed by atoms with Crippen LogP contribution in [0, 0.1) is 11.3 Å². The Kier molecular flexibility index (Phi) is 4.15. The van der Waals surface area contributed by atoms with Crippen LogP contribution < -0.4 is 5.32 Å². The van der Waals surface area contributed by atoms with E-state index in [9.17, 15) is 9.90 Å². The van der Waals surface area contributed by atoms with E-state index in [0.29, 0.717) is 5.02 Å². The molecule has 0 spiro atoms. The van der Waals surface area contributed by atoms with Gasteiger partial charge in [0.1, 0.15) is 5.75 Å². The Bertz CT molecular complexity index is 440. The smallest absolute Gasteiger partial charge is 0.255 e. The number of nitriles is 1. The second kappa shape index (κ2) is 5.38. The average molecular weight is 239 g/mol. The third-order valence-electron chi connectivity index (χ3n) is 1.98. The number of nitrogens with one attached hydrogen (secondary N) is 1. The van der Waals surface area contributed by atoms with Gasteiger partial charge in [0, 0.05) is 11.1 Å². The van der Waals surface area contributed by atoms with E-state index in [1.807, 2.05) is 6.07 Å². The van der Waals surface area contributed by atoms with Gasteiger partial charge in [0.25, 0.3) is 5.91 Å². The molecule has 1 unspecified atom stereocenters. The van der Waals surface area contributed by atoms with Gasteiger partial charge in [-0.15, -0.1) is 0 Å². The van der Waals surface area contributed by atoms with E-state index < -0.39 is 5.91 Å². The van der Waals surface area contributed by atoms with Crippen molar-refractivity contribution in [2.75, 3.05) is 0 Å². The number of aromatic hydroxyl groups is 1. The van der Waals surface area contributed by atoms with Gasteiger partial charge in [-0.2, -0.15) is 5.26 Å². The predicted molar refractivity (Wildman–Crippen MR) is 60.3 cm³/mol. The van der Waals surface area contributed by atoms with E-state index in [-0.39, 0.29) is 23.8 Å². The minimum absolute atomic E-state index is 0.109. The fourth-order valence-electron chi connectivity index (χ4n) is 1.18. The molecule has 1 rings (SSSR count). The first-order valence-electron chi connectivity index (χ1n) is 4.71. The lowest BCUT2D eigenvalue weighted by atomic mass is 10.1. The molecule has 0 aliphatic rings. The van der Waals surface area contributed by atoms with Crippen LogP contribution in [0.15, 0.2) is 18.2 Å². The Balaban J connectivity index is 2.81. The van der Waals surface area contributed by atoms with Gasteiger partial charge in [-0.3, -0.25) is 4.79 Å². The summed E-state index contributed by atoms with van der Waals surface area (Å²) in [5, 5.41) is 20.9. The largest absolute Gasteiger partial charge is 0.507 e. The average Bonchev–Trinajstić information content (AvgIpc) is 2.21. The first-order chi connectivity index (χ1) is 7.54. The standard InChI is InChI=1S/C11H11ClN2O2/c1-7(4-5-13)14-11(16)9-6-8(12)2-3-10(9)15/h2-3,6-7,15H,4H2,1H3,(H,14,16). The van der Waals surface area contributed by atoms with E-state index >= 15 is 0 Å². The van der Waals surface area contributed by atoms with Crippen molar-refractivity contribution in [2.24, 2.45) is 0 Å². The highest BCUT2D eigenvalue weighted by Gasteiger charge is 2.13. The summed E-state index contributed by atoms with van der Waals surface area (Å²) in [7, 11) is 0. The number of phenols is 1. The summed E-state index contributed by atoms with van der Waals surface area (Å²) in [4.78, 5) is 11.7. The summed E-state index contributed by atoms with van der Waals surface area (Å²) >= 11 is 5.72. The van der Waals surface area contributed by atoms with Crippen molar-refractivity contribution in [1.82, 2.24) is 5.32 Å². The zero-order valence-corrected chi connectivity index (χ0v) is 9.45. The quantitative estimate of drug-likeness (QED) is 0.847. The van der Waals surface area contributed by atoms with Gasteiger partial charge in [-0.1, -0.05) is 11.6 Å². The van der Waals surface area contributed by atoms with Crippen LogP contribution in [0.2, 0.25) is 5.02 Å². The van der Waals surface area contributed by atoms with Gasteiger partial charge in [-0.25, -0.2) is 0 Å². The fraction of sp³-hybridized carbons (Fsp3) is 0.273. The second-order valence-electron chi connectivity index (χ2n) is 3.40. The van der Waals surface area contributed by atoms with E-state index in [4.69, 9.17) is 16.9 Å². The van der Waals surface area contributed by atoms with Crippen molar-refractivity contribution in [3.05, 3.63) is 28.8 Å². The van der Waals surface area contributed by atoms with Gasteiger partial charge in [0.15, 0.2) is 0 Å². The number of nitrogens with zero attached hydrogens (tertiary/aromatic N) is 1. The van der Waals surface area contributed by atoms with E-state index in [1.165, 1.54) is 18.2 Å². The molecule has 16 heavy (non-hydrogen) atoms. The van der Waals surface area contributed by atoms with Gasteiger partial charge >= 0.3 is 0 Å². The molecule has 0 aromatic heterocycles. The molecule has 0 heterocycles. The lowest BCUT2D eigenvalue weighted by molar-refractivity contribution is 0.0938. The number of halogens is 1. The van der Waals surface area contributed by atoms with Crippen molar-refractivity contribution in [2.45, 2.75) is 19.4 Å². The van der Waals surface area contributed by atoms with E-state index in [2.05, 4.69) is 5.32 Å². The van der Waals surface area contributed by atoms with Crippen LogP contribution >= 0.6 is 11.6 Å². The molecule has 1 atom stereocenters. The molecule has 1 amide bonds. The van der Waals surface area contributed by atoms with Crippen molar-refractivity contribution in [3.63, 3.8) is 0 Å². The molecular formula is C11H11ClN2O2. The summed E-state index contributed by atoms with van der Waals surface area (Å²) in [6.07, 6.45) is 0.215. The highest BCUT2D eigenvalue weighted by atomic mass is 35.5. The van der Waals surface area contributed by atoms with Gasteiger partial charge in [-0.05, 0) is 25.1 Å². The number of carbonyl (C=O) groups is 1. The number of carbonyl (C=O) groups excluding carboxylic acids is 1. The number of rotatable bonds is 3. The lowest BCUT2D eigenvalue weighted by Crippen LogP contribution is -2.32. The molecule has 0 aliphatic carbocycles. The molecule has 0 bridgehead atoms. The minimum Gasteiger partial charge on any atom is -0.507 e. The van der Waals surface area contributed by atoms with Gasteiger partial charge in [0.05, 0.1) is 18.1 Å². The molecule has 0 saturated heterocycles. The lowest BCUT2D eigenvalue weighted by Gasteiger charge is -2.11. The van der Waals surface area contributed by atoms with E-state index in [1.54, 1.807) is 6.92 Å². The Labute approximate surface area is 98.5 Å². The highest BCUT2D eigenvalue weighted by molar-refractivity contribution is 6.31. The predicted octanol–water partition coefficient (Wildman–Crippen LogP) is 2.08. The molecular weight excluding hydrogens is 228 g/mol. The zero-order chi connectivity index (χ0) is 12.1. The minimum atomic E-state index is -0.442. The molecule has 2 N–H and O–H groups in total. The number of hydrogen-bond acceptors (Lipinski definition) is 3. The molecule has 4 nitrogen and oxygen atoms in total. The molecule has 0 saturated carbocycles. The van der Waals surface area contributed by atoms with Crippen molar-refractivity contribution in [1.29, 1.82) is 5.26 Å². The maximum atomic E-state index is 11.7. The number of hydrogen-bond donors (Lipinski definition) is 2. The van der Waals surface area contributed by atoms with Crippen LogP contribution in [-0.2, 0) is 0 Å². The Hall–Kier alpha value is -1.73. The van der Waals surface area contributed by atoms with Crippen molar-refractivity contribution in [3.8, 4) is 11.8 Å². The summed E-state index contributed by atoms with van der Waals surface area (Å²) < 4.78 is 0. The Morgan fingerprint density at radius 2 is 2.38 bits per heavy atom. The third-order valence-corrected chi connectivity index (χ3v) is 2.21. The highest BCUT2D eigenvalue weighted by Crippen LogP contribution is 2.21. The van der Waals surface area contributed by atoms with Crippen LogP contribution in [0.3, 0.4) is 0 Å². The molecule has 1 aromatic rings. The maximum Gasteiger partial charge on any atom is 0.255 e. The van der Waals surface area contributed by atoms with Crippen molar-refractivity contribution >= 4 is 17.5 Å². The van der Waals surface area contributed by atoms with Crippen molar-refractivity contribution < 1.29 is 9.90 Å². The maximum absolute atomic E-state index is 11.7. The summed E-state index contributed by atoms with van der Waals surface area (Å²) in [5.41, 5.74) is 0.109. The first-order valence-corrected chi connectivity index (χ1v) is 5.08. The molecule has 84 valence electrons. The summed E-state index contributed by atoms with van der Waals surface area (Å²) in [5.74, 6) is -0.575. The molecule has 0 fully saturated rings. The van der Waals surface area contributed by atoms with Crippen LogP contribution in [0.5, 0.6) is 5.75 Å². The third kappa shape index (κ3) is 3.14. The number of amides is 1. The second-order valence-corrected chi connectivity index (χ2v) is 3.83. The normalized spacial score (nSPS) is 11.6. The van der Waals surface area contributed by atoms with Gasteiger partial charge < -0.3 is 10.4 Å². The van der Waals surface area contributed by atoms with Crippen LogP contribution in [0.25, 0.3) is 0 Å². The number of benzene rings is 1. The zero-order valence-electron chi connectivity index (χ0n) is 8.70.